The van der Waals surface area contributed by atoms with E-state index in [9.17, 15) is 4.79 Å². The quantitative estimate of drug-likeness (QED) is 0.743. The maximum atomic E-state index is 10.7. The molecule has 6 heteroatoms. The smallest absolute Gasteiger partial charge is 0.313 e. The molecular formula is C14H25N3O2S. The van der Waals surface area contributed by atoms with Crippen molar-refractivity contribution < 1.29 is 9.90 Å². The number of nitrogens with zero attached hydrogens (tertiary/aromatic N) is 3. The highest BCUT2D eigenvalue weighted by Gasteiger charge is 2.21. The maximum Gasteiger partial charge on any atom is 0.313 e. The van der Waals surface area contributed by atoms with Gasteiger partial charge in [0.15, 0.2) is 5.16 Å². The van der Waals surface area contributed by atoms with Gasteiger partial charge in [0, 0.05) is 12.0 Å². The van der Waals surface area contributed by atoms with E-state index >= 15 is 0 Å². The predicted molar refractivity (Wildman–Crippen MR) is 81.3 cm³/mol. The lowest BCUT2D eigenvalue weighted by Gasteiger charge is -2.21. The first kappa shape index (κ1) is 17.0. The number of rotatable bonds is 8. The zero-order valence-electron chi connectivity index (χ0n) is 13.0. The highest BCUT2D eigenvalue weighted by molar-refractivity contribution is 7.99. The van der Waals surface area contributed by atoms with Crippen LogP contribution < -0.4 is 0 Å². The first-order valence-corrected chi connectivity index (χ1v) is 8.14. The Morgan fingerprint density at radius 2 is 1.95 bits per heavy atom. The highest BCUT2D eigenvalue weighted by atomic mass is 32.2. The molecule has 0 bridgehead atoms. The van der Waals surface area contributed by atoms with E-state index in [2.05, 4.69) is 49.4 Å². The lowest BCUT2D eigenvalue weighted by Crippen LogP contribution is -2.15. The molecule has 0 aliphatic carbocycles. The van der Waals surface area contributed by atoms with Gasteiger partial charge in [0.25, 0.3) is 0 Å². The van der Waals surface area contributed by atoms with Gasteiger partial charge in [0.1, 0.15) is 5.82 Å². The van der Waals surface area contributed by atoms with Crippen LogP contribution in [0.3, 0.4) is 0 Å². The second-order valence-corrected chi connectivity index (χ2v) is 6.59. The average molecular weight is 299 g/mol. The van der Waals surface area contributed by atoms with E-state index in [0.717, 1.165) is 18.7 Å². The minimum Gasteiger partial charge on any atom is -0.481 e. The summed E-state index contributed by atoms with van der Waals surface area (Å²) in [5, 5.41) is 18.0. The van der Waals surface area contributed by atoms with Crippen LogP contribution in [0.25, 0.3) is 0 Å². The number of carbonyl (C=O) groups is 1. The van der Waals surface area contributed by atoms with Crippen LogP contribution in [0.4, 0.5) is 0 Å². The minimum absolute atomic E-state index is 0.0201. The Hall–Kier alpha value is -1.04. The summed E-state index contributed by atoms with van der Waals surface area (Å²) >= 11 is 1.25. The summed E-state index contributed by atoms with van der Waals surface area (Å²) in [5.41, 5.74) is 0. The highest BCUT2D eigenvalue weighted by Crippen LogP contribution is 2.29. The van der Waals surface area contributed by atoms with Gasteiger partial charge in [-0.05, 0) is 19.3 Å². The number of aromatic nitrogens is 3. The second kappa shape index (κ2) is 7.67. The van der Waals surface area contributed by atoms with Crippen LogP contribution in [0.1, 0.15) is 65.2 Å². The molecule has 5 nitrogen and oxygen atoms in total. The van der Waals surface area contributed by atoms with Crippen LogP contribution >= 0.6 is 11.8 Å². The Morgan fingerprint density at radius 1 is 1.30 bits per heavy atom. The fourth-order valence-corrected chi connectivity index (χ4v) is 2.94. The van der Waals surface area contributed by atoms with Crippen molar-refractivity contribution in [1.82, 2.24) is 14.8 Å². The monoisotopic (exact) mass is 299 g/mol. The average Bonchev–Trinajstić information content (AvgIpc) is 2.79. The SMILES string of the molecule is CCC(C)CC(C)n1c(SCC(=O)O)nnc1C(C)C. The van der Waals surface area contributed by atoms with E-state index in [4.69, 9.17) is 5.11 Å². The molecule has 0 fully saturated rings. The Bertz CT molecular complexity index is 446. The summed E-state index contributed by atoms with van der Waals surface area (Å²) in [6.07, 6.45) is 2.19. The Kier molecular flexibility index (Phi) is 6.52. The van der Waals surface area contributed by atoms with Gasteiger partial charge in [-0.2, -0.15) is 0 Å². The molecule has 20 heavy (non-hydrogen) atoms. The molecule has 1 N–H and O–H groups in total. The third-order valence-corrected chi connectivity index (χ3v) is 4.34. The van der Waals surface area contributed by atoms with E-state index in [0.29, 0.717) is 11.1 Å². The first-order chi connectivity index (χ1) is 9.36. The summed E-state index contributed by atoms with van der Waals surface area (Å²) in [5.74, 6) is 1.04. The normalized spacial score (nSPS) is 14.5. The van der Waals surface area contributed by atoms with Crippen LogP contribution in [0.15, 0.2) is 5.16 Å². The third-order valence-electron chi connectivity index (χ3n) is 3.41. The molecule has 0 spiro atoms. The van der Waals surface area contributed by atoms with E-state index in [1.807, 2.05) is 0 Å². The van der Waals surface area contributed by atoms with Crippen molar-refractivity contribution in [3.05, 3.63) is 5.82 Å². The largest absolute Gasteiger partial charge is 0.481 e. The standard InChI is InChI=1S/C14H25N3O2S/c1-6-10(4)7-11(5)17-13(9(2)3)15-16-14(17)20-8-12(18)19/h9-11H,6-8H2,1-5H3,(H,18,19). The molecule has 0 saturated carbocycles. The summed E-state index contributed by atoms with van der Waals surface area (Å²) in [6, 6.07) is 0.286. The summed E-state index contributed by atoms with van der Waals surface area (Å²) in [4.78, 5) is 10.7. The summed E-state index contributed by atoms with van der Waals surface area (Å²) in [6.45, 7) is 10.8. The van der Waals surface area contributed by atoms with Crippen LogP contribution in [0, 0.1) is 5.92 Å². The summed E-state index contributed by atoms with van der Waals surface area (Å²) in [7, 11) is 0. The van der Waals surface area contributed by atoms with Gasteiger partial charge in [0.05, 0.1) is 5.75 Å². The van der Waals surface area contributed by atoms with Crippen molar-refractivity contribution >= 4 is 17.7 Å². The topological polar surface area (TPSA) is 68.0 Å². The van der Waals surface area contributed by atoms with Crippen LogP contribution in [-0.2, 0) is 4.79 Å². The molecule has 0 saturated heterocycles. The number of carboxylic acids is 1. The fraction of sp³-hybridized carbons (Fsp3) is 0.786. The Morgan fingerprint density at radius 3 is 2.45 bits per heavy atom. The Labute approximate surface area is 125 Å². The Balaban J connectivity index is 2.98. The molecule has 1 aromatic rings. The molecule has 1 rings (SSSR count). The number of hydrogen-bond donors (Lipinski definition) is 1. The number of aliphatic carboxylic acids is 1. The molecule has 0 amide bonds. The van der Waals surface area contributed by atoms with Crippen molar-refractivity contribution in [2.45, 2.75) is 64.6 Å². The third kappa shape index (κ3) is 4.51. The molecule has 0 aliphatic rings. The molecular weight excluding hydrogens is 274 g/mol. The molecule has 2 atom stereocenters. The molecule has 114 valence electrons. The van der Waals surface area contributed by atoms with Gasteiger partial charge in [-0.25, -0.2) is 0 Å². The lowest BCUT2D eigenvalue weighted by atomic mass is 10.00. The van der Waals surface area contributed by atoms with Crippen molar-refractivity contribution in [1.29, 1.82) is 0 Å². The van der Waals surface area contributed by atoms with Gasteiger partial charge >= 0.3 is 5.97 Å². The number of carboxylic acid groups (broad SMARTS) is 1. The lowest BCUT2D eigenvalue weighted by molar-refractivity contribution is -0.133. The number of hydrogen-bond acceptors (Lipinski definition) is 4. The maximum absolute atomic E-state index is 10.7. The molecule has 0 aliphatic heterocycles. The zero-order chi connectivity index (χ0) is 15.3. The van der Waals surface area contributed by atoms with E-state index in [-0.39, 0.29) is 17.7 Å². The van der Waals surface area contributed by atoms with Crippen molar-refractivity contribution in [2.24, 2.45) is 5.92 Å². The van der Waals surface area contributed by atoms with Crippen LogP contribution in [0.5, 0.6) is 0 Å². The molecule has 0 radical (unpaired) electrons. The van der Waals surface area contributed by atoms with Crippen LogP contribution in [-0.4, -0.2) is 31.6 Å². The number of thioether (sulfide) groups is 1. The van der Waals surface area contributed by atoms with Crippen LogP contribution in [0.2, 0.25) is 0 Å². The second-order valence-electron chi connectivity index (χ2n) is 5.65. The van der Waals surface area contributed by atoms with Crippen molar-refractivity contribution in [2.75, 3.05) is 5.75 Å². The summed E-state index contributed by atoms with van der Waals surface area (Å²) < 4.78 is 2.12. The van der Waals surface area contributed by atoms with Gasteiger partial charge < -0.3 is 9.67 Å². The molecule has 0 aromatic carbocycles. The first-order valence-electron chi connectivity index (χ1n) is 7.16. The van der Waals surface area contributed by atoms with Gasteiger partial charge in [-0.3, -0.25) is 4.79 Å². The molecule has 2 unspecified atom stereocenters. The fourth-order valence-electron chi connectivity index (χ4n) is 2.18. The molecule has 1 heterocycles. The van der Waals surface area contributed by atoms with E-state index < -0.39 is 5.97 Å². The van der Waals surface area contributed by atoms with Gasteiger partial charge in [0.2, 0.25) is 0 Å². The van der Waals surface area contributed by atoms with Gasteiger partial charge in [-0.15, -0.1) is 10.2 Å². The predicted octanol–water partition coefficient (Wildman–Crippen LogP) is 3.58. The van der Waals surface area contributed by atoms with Crippen molar-refractivity contribution in [3.8, 4) is 0 Å². The molecule has 1 aromatic heterocycles. The minimum atomic E-state index is -0.828. The van der Waals surface area contributed by atoms with Gasteiger partial charge in [-0.1, -0.05) is 45.9 Å². The zero-order valence-corrected chi connectivity index (χ0v) is 13.8. The van der Waals surface area contributed by atoms with Crippen molar-refractivity contribution in [3.63, 3.8) is 0 Å². The van der Waals surface area contributed by atoms with E-state index in [1.165, 1.54) is 11.8 Å². The van der Waals surface area contributed by atoms with E-state index in [1.54, 1.807) is 0 Å².